The molecule has 15 heavy (non-hydrogen) atoms. The number of aryl methyl sites for hydroxylation is 1. The summed E-state index contributed by atoms with van der Waals surface area (Å²) in [5.41, 5.74) is 2.65. The van der Waals surface area contributed by atoms with E-state index in [4.69, 9.17) is 5.21 Å². The summed E-state index contributed by atoms with van der Waals surface area (Å²) in [7, 11) is 1.77. The Bertz CT molecular complexity index is 418. The molecule has 0 saturated heterocycles. The van der Waals surface area contributed by atoms with Crippen molar-refractivity contribution in [2.24, 2.45) is 7.05 Å². The average molecular weight is 208 g/mol. The summed E-state index contributed by atoms with van der Waals surface area (Å²) < 4.78 is 1.72. The van der Waals surface area contributed by atoms with Crippen LogP contribution in [0.1, 0.15) is 23.0 Å². The fourth-order valence-corrected chi connectivity index (χ4v) is 1.24. The third-order valence-electron chi connectivity index (χ3n) is 2.00. The molecule has 0 unspecified atom stereocenters. The smallest absolute Gasteiger partial charge is 0.267 e. The highest BCUT2D eigenvalue weighted by molar-refractivity contribution is 5.99. The second-order valence-corrected chi connectivity index (χ2v) is 3.09. The molecule has 0 aliphatic heterocycles. The van der Waals surface area contributed by atoms with Gasteiger partial charge in [-0.25, -0.2) is 5.48 Å². The number of hydroxylamine groups is 1. The number of Topliss-reactive ketones (excluding diaryl/α,β-unsaturated/α-hetero) is 1. The van der Waals surface area contributed by atoms with Gasteiger partial charge in [-0.1, -0.05) is 0 Å². The van der Waals surface area contributed by atoms with Crippen molar-refractivity contribution in [2.75, 3.05) is 0 Å². The number of carbonyl (C=O) groups is 2. The van der Waals surface area contributed by atoms with Gasteiger partial charge in [0.1, 0.15) is 0 Å². The van der Waals surface area contributed by atoms with Crippen molar-refractivity contribution in [3.63, 3.8) is 0 Å². The number of nitrogens with zero attached hydrogens (tertiary/aromatic N) is 1. The lowest BCUT2D eigenvalue weighted by atomic mass is 10.1. The van der Waals surface area contributed by atoms with Crippen molar-refractivity contribution in [3.05, 3.63) is 29.6 Å². The molecule has 0 fully saturated rings. The predicted octanol–water partition coefficient (Wildman–Crippen LogP) is 0.746. The number of carbonyl (C=O) groups excluding carboxylic acids is 2. The minimum Gasteiger partial charge on any atom is -0.350 e. The second-order valence-electron chi connectivity index (χ2n) is 3.09. The van der Waals surface area contributed by atoms with Crippen LogP contribution in [0, 0.1) is 0 Å². The maximum absolute atomic E-state index is 11.2. The molecule has 0 bridgehead atoms. The molecule has 1 aromatic heterocycles. The minimum atomic E-state index is -0.634. The molecule has 0 radical (unpaired) electrons. The maximum Gasteiger partial charge on any atom is 0.267 e. The Kier molecular flexibility index (Phi) is 3.41. The van der Waals surface area contributed by atoms with Gasteiger partial charge in [-0.3, -0.25) is 14.8 Å². The second kappa shape index (κ2) is 4.56. The van der Waals surface area contributed by atoms with Crippen molar-refractivity contribution in [1.82, 2.24) is 10.0 Å². The molecule has 1 aromatic rings. The molecular formula is C10H12N2O3. The number of ketones is 1. The number of nitrogens with one attached hydrogen (secondary N) is 1. The van der Waals surface area contributed by atoms with Gasteiger partial charge in [-0.05, 0) is 19.1 Å². The SMILES string of the molecule is CC(=O)c1ccn(C)c1C=CC(=O)NO. The van der Waals surface area contributed by atoms with Crippen LogP contribution in [0.2, 0.25) is 0 Å². The fraction of sp³-hybridized carbons (Fsp3) is 0.200. The molecule has 1 amide bonds. The first-order chi connectivity index (χ1) is 7.06. The van der Waals surface area contributed by atoms with E-state index in [1.54, 1.807) is 23.9 Å². The molecular weight excluding hydrogens is 196 g/mol. The molecule has 0 aliphatic rings. The predicted molar refractivity (Wildman–Crippen MR) is 54.4 cm³/mol. The van der Waals surface area contributed by atoms with Gasteiger partial charge in [0.15, 0.2) is 5.78 Å². The van der Waals surface area contributed by atoms with E-state index in [2.05, 4.69) is 0 Å². The summed E-state index contributed by atoms with van der Waals surface area (Å²) in [5, 5.41) is 8.29. The molecule has 1 heterocycles. The fourth-order valence-electron chi connectivity index (χ4n) is 1.24. The summed E-state index contributed by atoms with van der Waals surface area (Å²) >= 11 is 0. The molecule has 0 aliphatic carbocycles. The van der Waals surface area contributed by atoms with Gasteiger partial charge < -0.3 is 4.57 Å². The van der Waals surface area contributed by atoms with E-state index in [1.165, 1.54) is 18.5 Å². The first kappa shape index (κ1) is 11.2. The molecule has 0 atom stereocenters. The minimum absolute atomic E-state index is 0.0698. The highest BCUT2D eigenvalue weighted by atomic mass is 16.5. The number of hydrogen-bond acceptors (Lipinski definition) is 3. The molecule has 2 N–H and O–H groups in total. The van der Waals surface area contributed by atoms with E-state index < -0.39 is 5.91 Å². The van der Waals surface area contributed by atoms with Gasteiger partial charge in [0, 0.05) is 24.9 Å². The number of rotatable bonds is 3. The summed E-state index contributed by atoms with van der Waals surface area (Å²) in [6.07, 6.45) is 4.36. The Morgan fingerprint density at radius 3 is 2.73 bits per heavy atom. The Morgan fingerprint density at radius 1 is 1.53 bits per heavy atom. The zero-order chi connectivity index (χ0) is 11.4. The molecule has 0 aromatic carbocycles. The van der Waals surface area contributed by atoms with E-state index in [0.29, 0.717) is 11.3 Å². The lowest BCUT2D eigenvalue weighted by Crippen LogP contribution is -2.15. The number of amides is 1. The van der Waals surface area contributed by atoms with Crippen LogP contribution >= 0.6 is 0 Å². The van der Waals surface area contributed by atoms with Crippen LogP contribution < -0.4 is 5.48 Å². The molecule has 5 nitrogen and oxygen atoms in total. The summed E-state index contributed by atoms with van der Waals surface area (Å²) in [6.45, 7) is 1.46. The van der Waals surface area contributed by atoms with Crippen molar-refractivity contribution in [2.45, 2.75) is 6.92 Å². The van der Waals surface area contributed by atoms with E-state index in [0.717, 1.165) is 6.08 Å². The lowest BCUT2D eigenvalue weighted by Gasteiger charge is -1.99. The van der Waals surface area contributed by atoms with Gasteiger partial charge in [0.25, 0.3) is 5.91 Å². The van der Waals surface area contributed by atoms with Gasteiger partial charge >= 0.3 is 0 Å². The van der Waals surface area contributed by atoms with Crippen molar-refractivity contribution in [3.8, 4) is 0 Å². The molecule has 80 valence electrons. The lowest BCUT2D eigenvalue weighted by molar-refractivity contribution is -0.124. The highest BCUT2D eigenvalue weighted by Crippen LogP contribution is 2.12. The van der Waals surface area contributed by atoms with Crippen molar-refractivity contribution in [1.29, 1.82) is 0 Å². The third-order valence-corrected chi connectivity index (χ3v) is 2.00. The molecule has 0 spiro atoms. The van der Waals surface area contributed by atoms with Gasteiger partial charge in [0.2, 0.25) is 0 Å². The van der Waals surface area contributed by atoms with Gasteiger partial charge in [0.05, 0.1) is 5.69 Å². The largest absolute Gasteiger partial charge is 0.350 e. The monoisotopic (exact) mass is 208 g/mol. The first-order valence-corrected chi connectivity index (χ1v) is 4.34. The Morgan fingerprint density at radius 2 is 2.20 bits per heavy atom. The Hall–Kier alpha value is -1.88. The zero-order valence-corrected chi connectivity index (χ0v) is 8.52. The number of aromatic nitrogens is 1. The molecule has 0 saturated carbocycles. The highest BCUT2D eigenvalue weighted by Gasteiger charge is 2.08. The quantitative estimate of drug-likeness (QED) is 0.333. The molecule has 1 rings (SSSR count). The normalized spacial score (nSPS) is 10.6. The van der Waals surface area contributed by atoms with Crippen molar-refractivity contribution >= 4 is 17.8 Å². The van der Waals surface area contributed by atoms with Crippen LogP contribution in [0.5, 0.6) is 0 Å². The van der Waals surface area contributed by atoms with Crippen LogP contribution in [-0.2, 0) is 11.8 Å². The van der Waals surface area contributed by atoms with Crippen LogP contribution in [-0.4, -0.2) is 21.5 Å². The standard InChI is InChI=1S/C10H12N2O3/c1-7(13)8-5-6-12(2)9(8)3-4-10(14)11-15/h3-6,15H,1-2H3,(H,11,14). The third kappa shape index (κ3) is 2.54. The first-order valence-electron chi connectivity index (χ1n) is 4.34. The summed E-state index contributed by atoms with van der Waals surface area (Å²) in [5.74, 6) is -0.703. The summed E-state index contributed by atoms with van der Waals surface area (Å²) in [6, 6.07) is 1.68. The Balaban J connectivity index is 3.03. The van der Waals surface area contributed by atoms with Crippen LogP contribution in [0.25, 0.3) is 6.08 Å². The Labute approximate surface area is 87.0 Å². The van der Waals surface area contributed by atoms with E-state index in [9.17, 15) is 9.59 Å². The van der Waals surface area contributed by atoms with E-state index in [1.807, 2.05) is 0 Å². The van der Waals surface area contributed by atoms with Crippen LogP contribution in [0.15, 0.2) is 18.3 Å². The van der Waals surface area contributed by atoms with E-state index in [-0.39, 0.29) is 5.78 Å². The van der Waals surface area contributed by atoms with Crippen LogP contribution in [0.4, 0.5) is 0 Å². The molecule has 5 heteroatoms. The van der Waals surface area contributed by atoms with Crippen LogP contribution in [0.3, 0.4) is 0 Å². The number of hydrogen-bond donors (Lipinski definition) is 2. The zero-order valence-electron chi connectivity index (χ0n) is 8.52. The average Bonchev–Trinajstić information content (AvgIpc) is 2.56. The topological polar surface area (TPSA) is 71.3 Å². The van der Waals surface area contributed by atoms with Gasteiger partial charge in [-0.2, -0.15) is 0 Å². The summed E-state index contributed by atoms with van der Waals surface area (Å²) in [4.78, 5) is 22.0. The van der Waals surface area contributed by atoms with E-state index >= 15 is 0 Å². The van der Waals surface area contributed by atoms with Crippen molar-refractivity contribution < 1.29 is 14.8 Å². The van der Waals surface area contributed by atoms with Gasteiger partial charge in [-0.15, -0.1) is 0 Å². The maximum atomic E-state index is 11.2.